The van der Waals surface area contributed by atoms with Crippen LogP contribution in [0.2, 0.25) is 0 Å². The van der Waals surface area contributed by atoms with E-state index in [9.17, 15) is 40.7 Å². The molecule has 250 valence electrons. The molecule has 0 atom stereocenters. The molecule has 1 fully saturated rings. The average Bonchev–Trinajstić information content (AvgIpc) is 3.00. The van der Waals surface area contributed by atoms with Crippen molar-refractivity contribution >= 4 is 29.5 Å². The predicted molar refractivity (Wildman–Crippen MR) is 161 cm³/mol. The fourth-order valence-electron chi connectivity index (χ4n) is 5.80. The lowest BCUT2D eigenvalue weighted by Crippen LogP contribution is -2.49. The third kappa shape index (κ3) is 7.18. The van der Waals surface area contributed by atoms with Crippen molar-refractivity contribution in [2.24, 2.45) is 0 Å². The minimum absolute atomic E-state index is 0.00975. The number of carbonyl (C=O) groups is 3. The number of rotatable bonds is 4. The van der Waals surface area contributed by atoms with E-state index in [-0.39, 0.29) is 60.1 Å². The number of aromatic nitrogens is 2. The first kappa shape index (κ1) is 33.7. The molecule has 3 amide bonds. The number of hydrogen-bond acceptors (Lipinski definition) is 6. The summed E-state index contributed by atoms with van der Waals surface area (Å²) in [6.45, 7) is 5.58. The molecule has 0 unspecified atom stereocenters. The Balaban J connectivity index is 1.66. The van der Waals surface area contributed by atoms with E-state index >= 15 is 0 Å². The summed E-state index contributed by atoms with van der Waals surface area (Å²) in [5, 5.41) is 0. The number of carbonyl (C=O) groups excluding carboxylic acids is 3. The molecule has 2 aromatic carbocycles. The molecule has 15 heteroatoms. The van der Waals surface area contributed by atoms with Crippen molar-refractivity contribution < 1.29 is 40.7 Å². The van der Waals surface area contributed by atoms with Gasteiger partial charge in [-0.05, 0) is 42.7 Å². The Morgan fingerprint density at radius 3 is 1.98 bits per heavy atom. The molecule has 1 aromatic heterocycles. The molecule has 0 bridgehead atoms. The highest BCUT2D eigenvalue weighted by molar-refractivity contribution is 6.08. The summed E-state index contributed by atoms with van der Waals surface area (Å²) in [4.78, 5) is 54.8. The number of fused-ring (bicyclic) bond motifs is 1. The number of amides is 3. The lowest BCUT2D eigenvalue weighted by atomic mass is 9.99. The van der Waals surface area contributed by atoms with Gasteiger partial charge in [0.1, 0.15) is 5.56 Å². The first-order chi connectivity index (χ1) is 22.0. The predicted octanol–water partition coefficient (Wildman–Crippen LogP) is 5.56. The van der Waals surface area contributed by atoms with Gasteiger partial charge in [-0.25, -0.2) is 4.98 Å². The topological polar surface area (TPSA) is 90.0 Å². The summed E-state index contributed by atoms with van der Waals surface area (Å²) < 4.78 is 81.8. The van der Waals surface area contributed by atoms with E-state index in [1.165, 1.54) is 23.6 Å². The number of halogens is 6. The van der Waals surface area contributed by atoms with Crippen LogP contribution < -0.4 is 9.80 Å². The standard InChI is InChI=1S/C32H32F6N6O3/c1-19-7-4-5-8-25(19)27-26-28(40-30(39-27)42-13-11-41(12-14-42)20(2)45)44(21(3)46)10-6-9-43(29(26)47)18-22-15-23(31(33,34)35)17-24(16-22)32(36,37)38/h4-5,7-8,15-17H,6,9-14,18H2,1-3H3. The molecular weight excluding hydrogens is 630 g/mol. The van der Waals surface area contributed by atoms with Gasteiger partial charge in [0, 0.05) is 65.2 Å². The second kappa shape index (κ2) is 12.8. The van der Waals surface area contributed by atoms with Gasteiger partial charge in [0.2, 0.25) is 17.8 Å². The fourth-order valence-corrected chi connectivity index (χ4v) is 5.80. The summed E-state index contributed by atoms with van der Waals surface area (Å²) in [5.41, 5.74) is -1.99. The Morgan fingerprint density at radius 1 is 0.809 bits per heavy atom. The fraction of sp³-hybridized carbons (Fsp3) is 0.406. The van der Waals surface area contributed by atoms with Gasteiger partial charge in [-0.2, -0.15) is 31.3 Å². The molecular formula is C32H32F6N6O3. The third-order valence-corrected chi connectivity index (χ3v) is 8.25. The molecule has 1 saturated heterocycles. The summed E-state index contributed by atoms with van der Waals surface area (Å²) in [6, 6.07) is 8.29. The first-order valence-corrected chi connectivity index (χ1v) is 14.9. The summed E-state index contributed by atoms with van der Waals surface area (Å²) in [6.07, 6.45) is -9.93. The minimum Gasteiger partial charge on any atom is -0.339 e. The zero-order chi connectivity index (χ0) is 34.3. The SMILES string of the molecule is CC(=O)N1CCN(c2nc(-c3ccccc3C)c3c(n2)N(C(C)=O)CCCN(Cc2cc(C(F)(F)F)cc(C(F)(F)F)c2)C3=O)CC1. The number of alkyl halides is 6. The lowest BCUT2D eigenvalue weighted by Gasteiger charge is -2.36. The van der Waals surface area contributed by atoms with Crippen LogP contribution in [0.1, 0.15) is 52.9 Å². The molecule has 3 aromatic rings. The number of piperazine rings is 1. The van der Waals surface area contributed by atoms with Gasteiger partial charge in [-0.1, -0.05) is 24.3 Å². The average molecular weight is 663 g/mol. The molecule has 0 spiro atoms. The molecule has 5 rings (SSSR count). The van der Waals surface area contributed by atoms with E-state index in [1.807, 2.05) is 4.90 Å². The summed E-state index contributed by atoms with van der Waals surface area (Å²) in [7, 11) is 0. The van der Waals surface area contributed by atoms with Crippen LogP contribution in [0.5, 0.6) is 0 Å². The minimum atomic E-state index is -5.05. The molecule has 0 aliphatic carbocycles. The molecule has 0 radical (unpaired) electrons. The molecule has 2 aliphatic rings. The van der Waals surface area contributed by atoms with Gasteiger partial charge in [-0.15, -0.1) is 0 Å². The second-order valence-electron chi connectivity index (χ2n) is 11.5. The highest BCUT2D eigenvalue weighted by Gasteiger charge is 2.38. The monoisotopic (exact) mass is 662 g/mol. The van der Waals surface area contributed by atoms with Gasteiger partial charge in [0.05, 0.1) is 16.8 Å². The van der Waals surface area contributed by atoms with E-state index in [0.717, 1.165) is 5.56 Å². The van der Waals surface area contributed by atoms with Gasteiger partial charge < -0.3 is 14.7 Å². The second-order valence-corrected chi connectivity index (χ2v) is 11.5. The van der Waals surface area contributed by atoms with Crippen molar-refractivity contribution in [2.75, 3.05) is 49.1 Å². The first-order valence-electron chi connectivity index (χ1n) is 14.9. The highest BCUT2D eigenvalue weighted by Crippen LogP contribution is 2.38. The van der Waals surface area contributed by atoms with Crippen LogP contribution in [-0.2, 0) is 28.5 Å². The number of nitrogens with zero attached hydrogens (tertiary/aromatic N) is 6. The van der Waals surface area contributed by atoms with Crippen LogP contribution in [0.15, 0.2) is 42.5 Å². The smallest absolute Gasteiger partial charge is 0.339 e. The normalized spacial score (nSPS) is 16.1. The van der Waals surface area contributed by atoms with Crippen LogP contribution in [0.3, 0.4) is 0 Å². The van der Waals surface area contributed by atoms with Crippen molar-refractivity contribution in [3.63, 3.8) is 0 Å². The highest BCUT2D eigenvalue weighted by atomic mass is 19.4. The largest absolute Gasteiger partial charge is 0.416 e. The van der Waals surface area contributed by atoms with Crippen LogP contribution >= 0.6 is 0 Å². The number of aryl methyl sites for hydroxylation is 1. The van der Waals surface area contributed by atoms with E-state index in [2.05, 4.69) is 4.98 Å². The van der Waals surface area contributed by atoms with Crippen LogP contribution in [0, 0.1) is 6.92 Å². The zero-order valence-electron chi connectivity index (χ0n) is 25.9. The van der Waals surface area contributed by atoms with Gasteiger partial charge in [0.15, 0.2) is 5.82 Å². The zero-order valence-corrected chi connectivity index (χ0v) is 25.9. The van der Waals surface area contributed by atoms with Gasteiger partial charge in [0.25, 0.3) is 5.91 Å². The van der Waals surface area contributed by atoms with Gasteiger partial charge in [-0.3, -0.25) is 19.3 Å². The van der Waals surface area contributed by atoms with Crippen LogP contribution in [0.4, 0.5) is 38.1 Å². The Bertz CT molecular complexity index is 1670. The third-order valence-electron chi connectivity index (χ3n) is 8.25. The van der Waals surface area contributed by atoms with E-state index in [4.69, 9.17) is 4.98 Å². The van der Waals surface area contributed by atoms with Crippen molar-refractivity contribution in [3.8, 4) is 11.3 Å². The molecule has 0 N–H and O–H groups in total. The lowest BCUT2D eigenvalue weighted by molar-refractivity contribution is -0.143. The Morgan fingerprint density at radius 2 is 1.43 bits per heavy atom. The Kier molecular flexibility index (Phi) is 9.20. The number of benzene rings is 2. The van der Waals surface area contributed by atoms with E-state index in [1.54, 1.807) is 36.1 Å². The summed E-state index contributed by atoms with van der Waals surface area (Å²) >= 11 is 0. The molecule has 9 nitrogen and oxygen atoms in total. The maximum atomic E-state index is 14.4. The van der Waals surface area contributed by atoms with Crippen molar-refractivity contribution in [1.29, 1.82) is 0 Å². The maximum absolute atomic E-state index is 14.4. The van der Waals surface area contributed by atoms with Crippen LogP contribution in [0.25, 0.3) is 11.3 Å². The van der Waals surface area contributed by atoms with Gasteiger partial charge >= 0.3 is 12.4 Å². The van der Waals surface area contributed by atoms with Crippen LogP contribution in [-0.4, -0.2) is 76.8 Å². The van der Waals surface area contributed by atoms with E-state index < -0.39 is 41.8 Å². The molecule has 3 heterocycles. The summed E-state index contributed by atoms with van der Waals surface area (Å²) in [5.74, 6) is -1.04. The van der Waals surface area contributed by atoms with Crippen molar-refractivity contribution in [3.05, 3.63) is 70.3 Å². The Hall–Kier alpha value is -4.69. The molecule has 2 aliphatic heterocycles. The number of hydrogen-bond donors (Lipinski definition) is 0. The molecule has 0 saturated carbocycles. The Labute approximate surface area is 266 Å². The quantitative estimate of drug-likeness (QED) is 0.340. The van der Waals surface area contributed by atoms with Crippen molar-refractivity contribution in [2.45, 2.75) is 46.1 Å². The van der Waals surface area contributed by atoms with Crippen molar-refractivity contribution in [1.82, 2.24) is 19.8 Å². The maximum Gasteiger partial charge on any atom is 0.416 e. The molecule has 47 heavy (non-hydrogen) atoms. The van der Waals surface area contributed by atoms with E-state index in [0.29, 0.717) is 43.9 Å². The number of anilines is 2.